The van der Waals surface area contributed by atoms with E-state index >= 15 is 0 Å². The molecule has 0 aliphatic carbocycles. The van der Waals surface area contributed by atoms with Crippen molar-refractivity contribution in [3.63, 3.8) is 0 Å². The largest absolute Gasteiger partial charge is 0.372 e. The normalized spacial score (nSPS) is 21.3. The molecule has 1 saturated heterocycles. The summed E-state index contributed by atoms with van der Waals surface area (Å²) in [5, 5.41) is 0.0983. The van der Waals surface area contributed by atoms with E-state index in [0.717, 1.165) is 0 Å². The van der Waals surface area contributed by atoms with E-state index < -0.39 is 10.0 Å². The van der Waals surface area contributed by atoms with Crippen LogP contribution >= 0.6 is 23.2 Å². The number of amides is 1. The highest BCUT2D eigenvalue weighted by molar-refractivity contribution is 7.89. The van der Waals surface area contributed by atoms with Crippen molar-refractivity contribution in [1.82, 2.24) is 9.62 Å². The quantitative estimate of drug-likeness (QED) is 0.790. The molecule has 146 valence electrons. The van der Waals surface area contributed by atoms with E-state index in [1.165, 1.54) is 12.1 Å². The Morgan fingerprint density at radius 1 is 1.23 bits per heavy atom. The third-order valence-corrected chi connectivity index (χ3v) is 6.13. The highest BCUT2D eigenvalue weighted by Gasteiger charge is 2.29. The number of ether oxygens (including phenoxy) is 1. The van der Waals surface area contributed by atoms with Crippen molar-refractivity contribution in [2.24, 2.45) is 5.92 Å². The van der Waals surface area contributed by atoms with Crippen molar-refractivity contribution in [2.75, 3.05) is 19.6 Å². The number of benzene rings is 1. The molecular weight excluding hydrogens is 399 g/mol. The van der Waals surface area contributed by atoms with Crippen LogP contribution in [0.1, 0.15) is 38.1 Å². The summed E-state index contributed by atoms with van der Waals surface area (Å²) in [6.07, 6.45) is -0.214. The van der Waals surface area contributed by atoms with Crippen molar-refractivity contribution in [3.8, 4) is 0 Å². The fraction of sp³-hybridized carbons (Fsp3) is 0.588. The number of morpholine rings is 1. The minimum Gasteiger partial charge on any atom is -0.372 e. The molecule has 1 fully saturated rings. The summed E-state index contributed by atoms with van der Waals surface area (Å²) in [7, 11) is -3.85. The number of hydrogen-bond acceptors (Lipinski definition) is 4. The van der Waals surface area contributed by atoms with Crippen molar-refractivity contribution in [1.29, 1.82) is 0 Å². The van der Waals surface area contributed by atoms with Gasteiger partial charge in [0.25, 0.3) is 5.91 Å². The molecule has 26 heavy (non-hydrogen) atoms. The van der Waals surface area contributed by atoms with Gasteiger partial charge in [-0.15, -0.1) is 0 Å². The molecule has 0 unspecified atom stereocenters. The zero-order chi connectivity index (χ0) is 19.6. The maximum Gasteiger partial charge on any atom is 0.255 e. The van der Waals surface area contributed by atoms with Crippen molar-refractivity contribution in [2.45, 2.75) is 44.8 Å². The van der Waals surface area contributed by atoms with Crippen molar-refractivity contribution < 1.29 is 17.9 Å². The van der Waals surface area contributed by atoms with Crippen LogP contribution in [-0.2, 0) is 14.8 Å². The molecule has 0 aromatic heterocycles. The lowest BCUT2D eigenvalue weighted by Gasteiger charge is -2.35. The molecule has 1 aliphatic heterocycles. The van der Waals surface area contributed by atoms with Gasteiger partial charge < -0.3 is 9.64 Å². The summed E-state index contributed by atoms with van der Waals surface area (Å²) in [5.41, 5.74) is 0.113. The van der Waals surface area contributed by atoms with Gasteiger partial charge in [-0.25, -0.2) is 13.1 Å². The Labute approximate surface area is 164 Å². The van der Waals surface area contributed by atoms with Crippen LogP contribution in [0.5, 0.6) is 0 Å². The summed E-state index contributed by atoms with van der Waals surface area (Å²) in [5.74, 6) is -0.206. The van der Waals surface area contributed by atoms with Crippen LogP contribution in [-0.4, -0.2) is 51.1 Å². The Bertz CT molecular complexity index is 773. The molecule has 1 N–H and O–H groups in total. The predicted molar refractivity (Wildman–Crippen MR) is 102 cm³/mol. The summed E-state index contributed by atoms with van der Waals surface area (Å²) in [6.45, 7) is 8.63. The fourth-order valence-electron chi connectivity index (χ4n) is 2.77. The van der Waals surface area contributed by atoms with E-state index in [1.807, 2.05) is 27.7 Å². The second-order valence-corrected chi connectivity index (χ2v) is 9.53. The molecular formula is C17H24Cl2N2O4S. The van der Waals surface area contributed by atoms with Gasteiger partial charge in [-0.2, -0.15) is 0 Å². The minimum atomic E-state index is -3.85. The maximum absolute atomic E-state index is 12.9. The molecule has 2 rings (SSSR count). The first-order valence-electron chi connectivity index (χ1n) is 8.44. The topological polar surface area (TPSA) is 75.7 Å². The smallest absolute Gasteiger partial charge is 0.255 e. The molecule has 9 heteroatoms. The number of nitrogens with zero attached hydrogens (tertiary/aromatic N) is 1. The van der Waals surface area contributed by atoms with Gasteiger partial charge in [0.05, 0.1) is 27.8 Å². The van der Waals surface area contributed by atoms with E-state index in [1.54, 1.807) is 4.90 Å². The highest BCUT2D eigenvalue weighted by Crippen LogP contribution is 2.30. The number of nitrogens with one attached hydrogen (secondary N) is 1. The first kappa shape index (κ1) is 21.4. The van der Waals surface area contributed by atoms with E-state index in [-0.39, 0.29) is 51.1 Å². The zero-order valence-electron chi connectivity index (χ0n) is 15.3. The van der Waals surface area contributed by atoms with Gasteiger partial charge in [0.1, 0.15) is 4.90 Å². The molecule has 0 spiro atoms. The van der Waals surface area contributed by atoms with Gasteiger partial charge in [0.2, 0.25) is 10.0 Å². The zero-order valence-corrected chi connectivity index (χ0v) is 17.6. The Morgan fingerprint density at radius 3 is 2.35 bits per heavy atom. The average molecular weight is 423 g/mol. The van der Waals surface area contributed by atoms with Crippen LogP contribution in [0.3, 0.4) is 0 Å². The second kappa shape index (κ2) is 8.44. The lowest BCUT2D eigenvalue weighted by molar-refractivity contribution is -0.0586. The number of sulfonamides is 1. The summed E-state index contributed by atoms with van der Waals surface area (Å²) < 4.78 is 33.2. The van der Waals surface area contributed by atoms with Gasteiger partial charge in [0, 0.05) is 19.6 Å². The predicted octanol–water partition coefficient (Wildman–Crippen LogP) is 3.18. The SMILES string of the molecule is CC(C)CNS(=O)(=O)c1cc(C(=O)N2C[C@H](C)O[C@@H](C)C2)c(Cl)cc1Cl. The van der Waals surface area contributed by atoms with Crippen LogP contribution in [0.15, 0.2) is 17.0 Å². The number of halogens is 2. The van der Waals surface area contributed by atoms with Crippen LogP contribution in [0, 0.1) is 5.92 Å². The Balaban J connectivity index is 2.36. The third-order valence-electron chi connectivity index (χ3n) is 3.93. The van der Waals surface area contributed by atoms with Crippen molar-refractivity contribution >= 4 is 39.1 Å². The minimum absolute atomic E-state index is 0.0217. The highest BCUT2D eigenvalue weighted by atomic mass is 35.5. The van der Waals surface area contributed by atoms with E-state index in [2.05, 4.69) is 4.72 Å². The van der Waals surface area contributed by atoms with Crippen LogP contribution in [0.2, 0.25) is 10.0 Å². The van der Waals surface area contributed by atoms with Crippen molar-refractivity contribution in [3.05, 3.63) is 27.7 Å². The summed E-state index contributed by atoms with van der Waals surface area (Å²) in [4.78, 5) is 14.4. The second-order valence-electron chi connectivity index (χ2n) is 6.98. The molecule has 1 aliphatic rings. The van der Waals surface area contributed by atoms with E-state index in [9.17, 15) is 13.2 Å². The standard InChI is InChI=1S/C17H24Cl2N2O4S/c1-10(2)7-20-26(23,24)16-5-13(14(18)6-15(16)19)17(22)21-8-11(3)25-12(4)9-21/h5-6,10-12,20H,7-9H2,1-4H3/t11-,12-/m0/s1. The molecule has 1 aromatic rings. The molecule has 2 atom stereocenters. The molecule has 0 bridgehead atoms. The number of carbonyl (C=O) groups excluding carboxylic acids is 1. The fourth-order valence-corrected chi connectivity index (χ4v) is 4.83. The number of carbonyl (C=O) groups is 1. The van der Waals surface area contributed by atoms with Crippen LogP contribution < -0.4 is 4.72 Å². The first-order chi connectivity index (χ1) is 12.0. The summed E-state index contributed by atoms with van der Waals surface area (Å²) in [6, 6.07) is 2.55. The third kappa shape index (κ3) is 5.10. The molecule has 1 aromatic carbocycles. The number of hydrogen-bond donors (Lipinski definition) is 1. The lowest BCUT2D eigenvalue weighted by atomic mass is 10.1. The first-order valence-corrected chi connectivity index (χ1v) is 10.7. The van der Waals surface area contributed by atoms with Gasteiger partial charge in [-0.3, -0.25) is 4.79 Å². The molecule has 0 saturated carbocycles. The average Bonchev–Trinajstić information content (AvgIpc) is 2.51. The Kier molecular flexibility index (Phi) is 6.96. The monoisotopic (exact) mass is 422 g/mol. The number of rotatable bonds is 5. The van der Waals surface area contributed by atoms with Gasteiger partial charge in [-0.05, 0) is 31.9 Å². The van der Waals surface area contributed by atoms with Gasteiger partial charge in [-0.1, -0.05) is 37.0 Å². The van der Waals surface area contributed by atoms with Crippen LogP contribution in [0.4, 0.5) is 0 Å². The molecule has 6 nitrogen and oxygen atoms in total. The summed E-state index contributed by atoms with van der Waals surface area (Å²) >= 11 is 12.3. The molecule has 1 amide bonds. The van der Waals surface area contributed by atoms with E-state index in [4.69, 9.17) is 27.9 Å². The Morgan fingerprint density at radius 2 is 1.81 bits per heavy atom. The van der Waals surface area contributed by atoms with Crippen LogP contribution in [0.25, 0.3) is 0 Å². The molecule has 0 radical (unpaired) electrons. The van der Waals surface area contributed by atoms with Gasteiger partial charge >= 0.3 is 0 Å². The Hall–Kier alpha value is -0.860. The lowest BCUT2D eigenvalue weighted by Crippen LogP contribution is -2.48. The maximum atomic E-state index is 12.9. The molecule has 1 heterocycles. The van der Waals surface area contributed by atoms with Gasteiger partial charge in [0.15, 0.2) is 0 Å². The van der Waals surface area contributed by atoms with E-state index in [0.29, 0.717) is 13.1 Å².